The average Bonchev–Trinajstić information content (AvgIpc) is 2.94. The maximum atomic E-state index is 12.8. The largest absolute Gasteiger partial charge is 0.504 e. The van der Waals surface area contributed by atoms with Crippen LogP contribution in [-0.2, 0) is 15.1 Å². The first kappa shape index (κ1) is 27.7. The van der Waals surface area contributed by atoms with Crippen LogP contribution in [0.4, 0.5) is 5.69 Å². The van der Waals surface area contributed by atoms with Gasteiger partial charge in [0.2, 0.25) is 0 Å². The number of carboxylic acid groups (broad SMARTS) is 2. The average molecular weight is 531 g/mol. The van der Waals surface area contributed by atoms with Crippen molar-refractivity contribution >= 4 is 17.6 Å². The van der Waals surface area contributed by atoms with E-state index in [1.807, 2.05) is 55.5 Å². The zero-order valence-corrected chi connectivity index (χ0v) is 22.6. The fourth-order valence-corrected chi connectivity index (χ4v) is 5.74. The minimum atomic E-state index is -1.33. The molecule has 0 bridgehead atoms. The van der Waals surface area contributed by atoms with Crippen LogP contribution in [0, 0.1) is 6.92 Å². The second kappa shape index (κ2) is 11.2. The Hall–Kier alpha value is -4.30. The molecule has 0 saturated carbocycles. The third kappa shape index (κ3) is 4.95. The number of phenols is 1. The number of aromatic hydroxyl groups is 1. The number of hydrogen-bond donors (Lipinski definition) is 3. The predicted octanol–water partition coefficient (Wildman–Crippen LogP) is 5.67. The van der Waals surface area contributed by atoms with Crippen molar-refractivity contribution in [2.75, 3.05) is 18.6 Å². The molecule has 1 atom stereocenters. The van der Waals surface area contributed by atoms with Crippen LogP contribution in [0.5, 0.6) is 11.5 Å². The summed E-state index contributed by atoms with van der Waals surface area (Å²) in [6.45, 7) is 5.90. The first-order chi connectivity index (χ1) is 18.7. The van der Waals surface area contributed by atoms with Gasteiger partial charge in [-0.2, -0.15) is 0 Å². The normalized spacial score (nSPS) is 16.3. The van der Waals surface area contributed by atoms with Crippen molar-refractivity contribution in [3.63, 3.8) is 0 Å². The molecule has 0 saturated heterocycles. The maximum absolute atomic E-state index is 12.8. The Morgan fingerprint density at radius 2 is 1.64 bits per heavy atom. The smallest absolute Gasteiger partial charge is 0.353 e. The number of hydrogen-bond acceptors (Lipinski definition) is 6. The number of aliphatic carboxylic acids is 2. The number of anilines is 1. The van der Waals surface area contributed by atoms with E-state index in [0.717, 1.165) is 11.1 Å². The maximum Gasteiger partial charge on any atom is 0.353 e. The van der Waals surface area contributed by atoms with Gasteiger partial charge in [-0.15, -0.1) is 0 Å². The molecule has 1 aliphatic heterocycles. The molecule has 3 N–H and O–H groups in total. The number of aryl methyl sites for hydroxylation is 1. The van der Waals surface area contributed by atoms with Crippen LogP contribution in [0.25, 0.3) is 0 Å². The molecule has 3 aromatic rings. The topological polar surface area (TPSA) is 111 Å². The van der Waals surface area contributed by atoms with Gasteiger partial charge in [-0.05, 0) is 60.7 Å². The molecule has 1 aliphatic rings. The molecule has 39 heavy (non-hydrogen) atoms. The second-order valence-electron chi connectivity index (χ2n) is 9.68. The lowest BCUT2D eigenvalue weighted by molar-refractivity contribution is -0.137. The molecule has 1 heterocycles. The fraction of sp³-hybridized carbons (Fsp3) is 0.290. The summed E-state index contributed by atoms with van der Waals surface area (Å²) in [6.07, 6.45) is 0.530. The van der Waals surface area contributed by atoms with E-state index in [1.54, 1.807) is 23.1 Å². The lowest BCUT2D eigenvalue weighted by Crippen LogP contribution is -2.57. The number of phenolic OH excluding ortho intramolecular Hbond substituents is 1. The molecular weight excluding hydrogens is 496 g/mol. The summed E-state index contributed by atoms with van der Waals surface area (Å²) in [7, 11) is 1.45. The third-order valence-corrected chi connectivity index (χ3v) is 7.67. The molecule has 0 aromatic heterocycles. The summed E-state index contributed by atoms with van der Waals surface area (Å²) in [5.74, 6) is -2.43. The number of carbonyl (C=O) groups is 2. The molecule has 0 fully saturated rings. The predicted molar refractivity (Wildman–Crippen MR) is 149 cm³/mol. The second-order valence-corrected chi connectivity index (χ2v) is 9.68. The molecule has 1 unspecified atom stereocenters. The molecule has 204 valence electrons. The highest BCUT2D eigenvalue weighted by molar-refractivity contribution is 6.02. The summed E-state index contributed by atoms with van der Waals surface area (Å²) < 4.78 is 5.42. The van der Waals surface area contributed by atoms with E-state index in [0.29, 0.717) is 24.1 Å². The summed E-state index contributed by atoms with van der Waals surface area (Å²) in [5.41, 5.74) is 1.94. The summed E-state index contributed by atoms with van der Waals surface area (Å²) in [4.78, 5) is 29.1. The SMILES string of the molecule is CCC(CC)(c1ccccc1)N1CC(C(=O)O)=C(C(=O)O)N(c2cccc(C)c2)C1c1ccc(O)c(OC)c1. The third-order valence-electron chi connectivity index (χ3n) is 7.67. The minimum absolute atomic E-state index is 0.0498. The van der Waals surface area contributed by atoms with E-state index in [2.05, 4.69) is 18.7 Å². The van der Waals surface area contributed by atoms with Gasteiger partial charge >= 0.3 is 11.9 Å². The Bertz CT molecular complexity index is 1400. The van der Waals surface area contributed by atoms with Gasteiger partial charge in [-0.3, -0.25) is 4.90 Å². The van der Waals surface area contributed by atoms with Gasteiger partial charge in [-0.25, -0.2) is 9.59 Å². The van der Waals surface area contributed by atoms with E-state index in [1.165, 1.54) is 13.2 Å². The van der Waals surface area contributed by atoms with Crippen molar-refractivity contribution < 1.29 is 29.6 Å². The molecular formula is C31H34N2O6. The van der Waals surface area contributed by atoms with Gasteiger partial charge in [0, 0.05) is 17.8 Å². The highest BCUT2D eigenvalue weighted by atomic mass is 16.5. The highest BCUT2D eigenvalue weighted by Crippen LogP contribution is 2.49. The standard InChI is InChI=1S/C31H34N2O6/c1-5-31(6-2,22-12-8-7-9-13-22)32-19-24(29(35)36)27(30(37)38)33(23-14-10-11-20(3)17-23)28(32)21-15-16-25(34)26(18-21)39-4/h7-18,28,34H,5-6,19H2,1-4H3,(H,35,36)(H,37,38). The Labute approximate surface area is 228 Å². The van der Waals surface area contributed by atoms with Crippen LogP contribution in [-0.4, -0.2) is 45.8 Å². The minimum Gasteiger partial charge on any atom is -0.504 e. The van der Waals surface area contributed by atoms with Crippen molar-refractivity contribution in [2.45, 2.75) is 45.3 Å². The van der Waals surface area contributed by atoms with Gasteiger partial charge in [-0.1, -0.05) is 62.4 Å². The molecule has 0 spiro atoms. The quantitative estimate of drug-likeness (QED) is 0.325. The van der Waals surface area contributed by atoms with Gasteiger partial charge in [0.05, 0.1) is 12.7 Å². The molecule has 0 radical (unpaired) electrons. The van der Waals surface area contributed by atoms with Crippen LogP contribution in [0.1, 0.15) is 49.5 Å². The zero-order valence-electron chi connectivity index (χ0n) is 22.6. The molecule has 8 nitrogen and oxygen atoms in total. The molecule has 8 heteroatoms. The number of ether oxygens (including phenoxy) is 1. The Kier molecular flexibility index (Phi) is 7.97. The van der Waals surface area contributed by atoms with Crippen LogP contribution < -0.4 is 9.64 Å². The van der Waals surface area contributed by atoms with Crippen LogP contribution in [0.15, 0.2) is 84.1 Å². The first-order valence-electron chi connectivity index (χ1n) is 12.9. The lowest BCUT2D eigenvalue weighted by Gasteiger charge is -2.54. The van der Waals surface area contributed by atoms with E-state index in [9.17, 15) is 24.9 Å². The summed E-state index contributed by atoms with van der Waals surface area (Å²) in [6, 6.07) is 22.2. The zero-order chi connectivity index (χ0) is 28.3. The van der Waals surface area contributed by atoms with Gasteiger partial charge in [0.1, 0.15) is 11.9 Å². The summed E-state index contributed by atoms with van der Waals surface area (Å²) in [5, 5.41) is 31.1. The molecule has 3 aromatic carbocycles. The van der Waals surface area contributed by atoms with Crippen LogP contribution >= 0.6 is 0 Å². The van der Waals surface area contributed by atoms with E-state index >= 15 is 0 Å². The summed E-state index contributed by atoms with van der Waals surface area (Å²) >= 11 is 0. The van der Waals surface area contributed by atoms with Crippen LogP contribution in [0.3, 0.4) is 0 Å². The Morgan fingerprint density at radius 3 is 2.21 bits per heavy atom. The van der Waals surface area contributed by atoms with Crippen molar-refractivity contribution in [3.05, 3.63) is 101 Å². The van der Waals surface area contributed by atoms with Crippen molar-refractivity contribution in [3.8, 4) is 11.5 Å². The molecule has 0 amide bonds. The van der Waals surface area contributed by atoms with Gasteiger partial charge < -0.3 is 25.0 Å². The van der Waals surface area contributed by atoms with Crippen LogP contribution in [0.2, 0.25) is 0 Å². The van der Waals surface area contributed by atoms with Gasteiger partial charge in [0.25, 0.3) is 0 Å². The number of carboxylic acids is 2. The van der Waals surface area contributed by atoms with E-state index in [-0.39, 0.29) is 29.3 Å². The number of benzene rings is 3. The number of nitrogens with zero attached hydrogens (tertiary/aromatic N) is 2. The molecule has 4 rings (SSSR count). The van der Waals surface area contributed by atoms with E-state index < -0.39 is 23.6 Å². The number of rotatable bonds is 9. The van der Waals surface area contributed by atoms with Crippen molar-refractivity contribution in [2.24, 2.45) is 0 Å². The van der Waals surface area contributed by atoms with E-state index in [4.69, 9.17) is 4.74 Å². The highest BCUT2D eigenvalue weighted by Gasteiger charge is 2.49. The van der Waals surface area contributed by atoms with Gasteiger partial charge in [0.15, 0.2) is 11.5 Å². The number of methoxy groups -OCH3 is 1. The molecule has 0 aliphatic carbocycles. The Morgan fingerprint density at radius 1 is 0.949 bits per heavy atom. The monoisotopic (exact) mass is 530 g/mol. The van der Waals surface area contributed by atoms with Crippen molar-refractivity contribution in [1.29, 1.82) is 0 Å². The fourth-order valence-electron chi connectivity index (χ4n) is 5.74. The lowest BCUT2D eigenvalue weighted by atomic mass is 9.80. The first-order valence-corrected chi connectivity index (χ1v) is 12.9. The Balaban J connectivity index is 2.13. The van der Waals surface area contributed by atoms with Crippen molar-refractivity contribution in [1.82, 2.24) is 4.90 Å².